The molecule has 1 aromatic carbocycles. The Morgan fingerprint density at radius 1 is 1.57 bits per heavy atom. The van der Waals surface area contributed by atoms with E-state index in [1.54, 1.807) is 13.2 Å². The number of hydrogen-bond acceptors (Lipinski definition) is 2. The molecule has 0 fully saturated rings. The van der Waals surface area contributed by atoms with Gasteiger partial charge in [0.15, 0.2) is 0 Å². The van der Waals surface area contributed by atoms with Crippen molar-refractivity contribution in [3.63, 3.8) is 0 Å². The van der Waals surface area contributed by atoms with Crippen LogP contribution in [0, 0.1) is 5.82 Å². The average Bonchev–Trinajstić information content (AvgIpc) is 2.18. The highest BCUT2D eigenvalue weighted by Crippen LogP contribution is 2.27. The molecule has 3 heteroatoms. The van der Waals surface area contributed by atoms with Crippen LogP contribution in [-0.4, -0.2) is 13.7 Å². The van der Waals surface area contributed by atoms with Crippen LogP contribution in [0.4, 0.5) is 4.39 Å². The zero-order chi connectivity index (χ0) is 10.6. The van der Waals surface area contributed by atoms with Crippen LogP contribution >= 0.6 is 0 Å². The molecule has 0 aromatic heterocycles. The van der Waals surface area contributed by atoms with Gasteiger partial charge in [-0.05, 0) is 36.7 Å². The molecule has 0 radical (unpaired) electrons. The minimum atomic E-state index is -0.293. The lowest BCUT2D eigenvalue weighted by Gasteiger charge is -2.10. The van der Waals surface area contributed by atoms with Crippen LogP contribution in [0.15, 0.2) is 24.8 Å². The maximum absolute atomic E-state index is 13.0. The number of hydrogen-bond donors (Lipinski definition) is 1. The van der Waals surface area contributed by atoms with Gasteiger partial charge >= 0.3 is 0 Å². The molecule has 0 unspecified atom stereocenters. The number of methoxy groups -OCH3 is 1. The Morgan fingerprint density at radius 2 is 2.29 bits per heavy atom. The van der Waals surface area contributed by atoms with Crippen LogP contribution in [0.25, 0.3) is 5.57 Å². The molecule has 0 spiro atoms. The Morgan fingerprint density at radius 3 is 2.86 bits per heavy atom. The second kappa shape index (κ2) is 4.77. The van der Waals surface area contributed by atoms with Crippen LogP contribution < -0.4 is 10.5 Å². The fraction of sp³-hybridized carbons (Fsp3) is 0.273. The topological polar surface area (TPSA) is 35.2 Å². The van der Waals surface area contributed by atoms with Gasteiger partial charge in [0.2, 0.25) is 0 Å². The first-order valence-corrected chi connectivity index (χ1v) is 4.40. The summed E-state index contributed by atoms with van der Waals surface area (Å²) < 4.78 is 18.1. The molecule has 0 aliphatic heterocycles. The minimum absolute atomic E-state index is 0.293. The number of benzene rings is 1. The predicted molar refractivity (Wildman–Crippen MR) is 55.7 cm³/mol. The average molecular weight is 195 g/mol. The van der Waals surface area contributed by atoms with E-state index < -0.39 is 0 Å². The van der Waals surface area contributed by atoms with E-state index in [2.05, 4.69) is 6.58 Å². The minimum Gasteiger partial charge on any atom is -0.496 e. The van der Waals surface area contributed by atoms with E-state index in [9.17, 15) is 4.39 Å². The van der Waals surface area contributed by atoms with E-state index in [1.165, 1.54) is 12.1 Å². The summed E-state index contributed by atoms with van der Waals surface area (Å²) in [5.74, 6) is 0.337. The van der Waals surface area contributed by atoms with Crippen molar-refractivity contribution in [3.8, 4) is 5.75 Å². The van der Waals surface area contributed by atoms with Crippen molar-refractivity contribution in [2.75, 3.05) is 13.7 Å². The van der Waals surface area contributed by atoms with Crippen LogP contribution in [0.5, 0.6) is 5.75 Å². The molecule has 0 amide bonds. The largest absolute Gasteiger partial charge is 0.496 e. The zero-order valence-corrected chi connectivity index (χ0v) is 8.22. The quantitative estimate of drug-likeness (QED) is 0.799. The molecule has 0 atom stereocenters. The third-order valence-corrected chi connectivity index (χ3v) is 1.99. The number of rotatable bonds is 4. The fourth-order valence-electron chi connectivity index (χ4n) is 1.27. The van der Waals surface area contributed by atoms with Gasteiger partial charge in [0.05, 0.1) is 7.11 Å². The third kappa shape index (κ3) is 2.33. The van der Waals surface area contributed by atoms with Gasteiger partial charge in [-0.2, -0.15) is 0 Å². The Kier molecular flexibility index (Phi) is 3.65. The molecule has 0 saturated heterocycles. The molecule has 0 aliphatic carbocycles. The number of nitrogens with two attached hydrogens (primary N) is 1. The van der Waals surface area contributed by atoms with Crippen molar-refractivity contribution in [3.05, 3.63) is 36.2 Å². The molecule has 0 aliphatic rings. The first kappa shape index (κ1) is 10.7. The summed E-state index contributed by atoms with van der Waals surface area (Å²) in [6, 6.07) is 4.36. The van der Waals surface area contributed by atoms with E-state index in [1.807, 2.05) is 0 Å². The molecule has 14 heavy (non-hydrogen) atoms. The highest BCUT2D eigenvalue weighted by molar-refractivity contribution is 5.68. The molecule has 2 N–H and O–H groups in total. The van der Waals surface area contributed by atoms with E-state index in [0.717, 1.165) is 5.57 Å². The summed E-state index contributed by atoms with van der Waals surface area (Å²) in [7, 11) is 1.55. The molecule has 0 saturated carbocycles. The molecule has 76 valence electrons. The summed E-state index contributed by atoms with van der Waals surface area (Å²) >= 11 is 0. The van der Waals surface area contributed by atoms with Crippen molar-refractivity contribution >= 4 is 5.57 Å². The SMILES string of the molecule is C=C(CCN)c1cc(F)ccc1OC. The molecule has 1 rings (SSSR count). The normalized spacial score (nSPS) is 9.93. The predicted octanol–water partition coefficient (Wildman–Crippen LogP) is 2.20. The van der Waals surface area contributed by atoms with Crippen LogP contribution in [0.2, 0.25) is 0 Å². The van der Waals surface area contributed by atoms with Gasteiger partial charge < -0.3 is 10.5 Å². The van der Waals surface area contributed by atoms with Crippen molar-refractivity contribution in [2.45, 2.75) is 6.42 Å². The van der Waals surface area contributed by atoms with Gasteiger partial charge in [-0.25, -0.2) is 4.39 Å². The summed E-state index contributed by atoms with van der Waals surface area (Å²) in [5, 5.41) is 0. The number of ether oxygens (including phenoxy) is 1. The monoisotopic (exact) mass is 195 g/mol. The van der Waals surface area contributed by atoms with Crippen LogP contribution in [0.1, 0.15) is 12.0 Å². The molecule has 1 aromatic rings. The maximum Gasteiger partial charge on any atom is 0.126 e. The lowest BCUT2D eigenvalue weighted by molar-refractivity contribution is 0.412. The molecule has 2 nitrogen and oxygen atoms in total. The Labute approximate surface area is 83.2 Å². The Hall–Kier alpha value is -1.35. The van der Waals surface area contributed by atoms with E-state index in [-0.39, 0.29) is 5.82 Å². The van der Waals surface area contributed by atoms with Gasteiger partial charge in [-0.3, -0.25) is 0 Å². The third-order valence-electron chi connectivity index (χ3n) is 1.99. The lowest BCUT2D eigenvalue weighted by Crippen LogP contribution is -2.00. The van der Waals surface area contributed by atoms with Crippen molar-refractivity contribution in [2.24, 2.45) is 5.73 Å². The molecule has 0 bridgehead atoms. The Balaban J connectivity index is 3.03. The summed E-state index contributed by atoms with van der Waals surface area (Å²) in [5.41, 5.74) is 6.89. The van der Waals surface area contributed by atoms with Crippen molar-refractivity contribution < 1.29 is 9.13 Å². The smallest absolute Gasteiger partial charge is 0.126 e. The van der Waals surface area contributed by atoms with E-state index >= 15 is 0 Å². The number of halogens is 1. The molecule has 0 heterocycles. The maximum atomic E-state index is 13.0. The fourth-order valence-corrected chi connectivity index (χ4v) is 1.27. The standard InChI is InChI=1S/C11H14FNO/c1-8(5-6-13)10-7-9(12)3-4-11(10)14-2/h3-4,7H,1,5-6,13H2,2H3. The van der Waals surface area contributed by atoms with Crippen LogP contribution in [0.3, 0.4) is 0 Å². The van der Waals surface area contributed by atoms with Gasteiger partial charge in [-0.15, -0.1) is 0 Å². The lowest BCUT2D eigenvalue weighted by atomic mass is 10.0. The summed E-state index contributed by atoms with van der Waals surface area (Å²) in [6.45, 7) is 4.34. The summed E-state index contributed by atoms with van der Waals surface area (Å²) in [6.07, 6.45) is 0.639. The second-order valence-corrected chi connectivity index (χ2v) is 2.99. The molecular weight excluding hydrogens is 181 g/mol. The second-order valence-electron chi connectivity index (χ2n) is 2.99. The van der Waals surface area contributed by atoms with Gasteiger partial charge in [0, 0.05) is 5.56 Å². The van der Waals surface area contributed by atoms with Gasteiger partial charge in [0.25, 0.3) is 0 Å². The first-order chi connectivity index (χ1) is 6.69. The van der Waals surface area contributed by atoms with Crippen LogP contribution in [-0.2, 0) is 0 Å². The Bertz CT molecular complexity index is 336. The van der Waals surface area contributed by atoms with Crippen molar-refractivity contribution in [1.29, 1.82) is 0 Å². The van der Waals surface area contributed by atoms with Gasteiger partial charge in [-0.1, -0.05) is 6.58 Å². The molecular formula is C11H14FNO. The zero-order valence-electron chi connectivity index (χ0n) is 8.22. The summed E-state index contributed by atoms with van der Waals surface area (Å²) in [4.78, 5) is 0. The van der Waals surface area contributed by atoms with Gasteiger partial charge in [0.1, 0.15) is 11.6 Å². The van der Waals surface area contributed by atoms with Crippen molar-refractivity contribution in [1.82, 2.24) is 0 Å². The first-order valence-electron chi connectivity index (χ1n) is 4.40. The van der Waals surface area contributed by atoms with E-state index in [0.29, 0.717) is 24.3 Å². The highest BCUT2D eigenvalue weighted by Gasteiger charge is 2.07. The van der Waals surface area contributed by atoms with E-state index in [4.69, 9.17) is 10.5 Å². The highest BCUT2D eigenvalue weighted by atomic mass is 19.1.